The van der Waals surface area contributed by atoms with Crippen molar-refractivity contribution in [1.82, 2.24) is 9.97 Å². The molecule has 1 amide bonds. The van der Waals surface area contributed by atoms with Gasteiger partial charge in [0.2, 0.25) is 5.91 Å². The number of aromatic amines is 1. The van der Waals surface area contributed by atoms with Crippen molar-refractivity contribution < 1.29 is 4.79 Å². The van der Waals surface area contributed by atoms with Gasteiger partial charge in [-0.05, 0) is 31.0 Å². The Bertz CT molecular complexity index is 1250. The first-order chi connectivity index (χ1) is 14.0. The third kappa shape index (κ3) is 4.11. The van der Waals surface area contributed by atoms with Crippen molar-refractivity contribution in [3.63, 3.8) is 0 Å². The molecule has 0 aliphatic heterocycles. The summed E-state index contributed by atoms with van der Waals surface area (Å²) in [7, 11) is 0. The van der Waals surface area contributed by atoms with Gasteiger partial charge in [0, 0.05) is 16.1 Å². The molecule has 4 rings (SSSR count). The first-order valence-corrected chi connectivity index (χ1v) is 10.9. The van der Waals surface area contributed by atoms with E-state index in [1.807, 2.05) is 68.4 Å². The Balaban J connectivity index is 1.56. The number of thioether (sulfide) groups is 1. The Labute approximate surface area is 176 Å². The van der Waals surface area contributed by atoms with Gasteiger partial charge in [0.15, 0.2) is 5.16 Å². The summed E-state index contributed by atoms with van der Waals surface area (Å²) in [5.41, 5.74) is 3.53. The van der Waals surface area contributed by atoms with E-state index in [9.17, 15) is 9.59 Å². The van der Waals surface area contributed by atoms with Crippen molar-refractivity contribution in [3.8, 4) is 11.1 Å². The van der Waals surface area contributed by atoms with Gasteiger partial charge in [0.05, 0.1) is 11.1 Å². The monoisotopic (exact) mass is 421 g/mol. The Morgan fingerprint density at radius 2 is 1.83 bits per heavy atom. The lowest BCUT2D eigenvalue weighted by molar-refractivity contribution is -0.113. The molecular formula is C22H19N3O2S2. The maximum Gasteiger partial charge on any atom is 0.260 e. The minimum Gasteiger partial charge on any atom is -0.325 e. The molecule has 0 radical (unpaired) electrons. The predicted octanol–water partition coefficient (Wildman–Crippen LogP) is 5.00. The Kier molecular flexibility index (Phi) is 5.51. The van der Waals surface area contributed by atoms with Crippen molar-refractivity contribution in [2.45, 2.75) is 19.0 Å². The molecule has 2 N–H and O–H groups in total. The maximum atomic E-state index is 12.8. The van der Waals surface area contributed by atoms with Crippen LogP contribution < -0.4 is 10.9 Å². The van der Waals surface area contributed by atoms with Crippen LogP contribution in [-0.2, 0) is 4.79 Å². The molecule has 0 bridgehead atoms. The van der Waals surface area contributed by atoms with Gasteiger partial charge in [-0.25, -0.2) is 4.98 Å². The number of carbonyl (C=O) groups excluding carboxylic acids is 1. The number of benzene rings is 2. The first-order valence-electron chi connectivity index (χ1n) is 9.10. The second kappa shape index (κ2) is 8.23. The lowest BCUT2D eigenvalue weighted by atomic mass is 10.0. The number of hydrogen-bond acceptors (Lipinski definition) is 5. The standard InChI is InChI=1S/C22H19N3O2S2/c1-13-8-6-7-11-16(13)23-17(26)12-28-22-24-20(27)19-18(14(2)29-21(19)25-22)15-9-4-3-5-10-15/h3-11H,12H2,1-2H3,(H,23,26)(H,24,25,27). The van der Waals surface area contributed by atoms with E-state index in [2.05, 4.69) is 15.3 Å². The number of nitrogens with one attached hydrogen (secondary N) is 2. The molecule has 2 aromatic heterocycles. The number of H-pyrrole nitrogens is 1. The molecule has 0 fully saturated rings. The number of carbonyl (C=O) groups is 1. The van der Waals surface area contributed by atoms with Gasteiger partial charge in [-0.3, -0.25) is 9.59 Å². The van der Waals surface area contributed by atoms with Gasteiger partial charge in [0.25, 0.3) is 5.56 Å². The predicted molar refractivity (Wildman–Crippen MR) is 121 cm³/mol. The minimum absolute atomic E-state index is 0.139. The number of thiophene rings is 1. The van der Waals surface area contributed by atoms with Crippen molar-refractivity contribution >= 4 is 44.9 Å². The van der Waals surface area contributed by atoms with E-state index in [0.29, 0.717) is 15.4 Å². The second-order valence-electron chi connectivity index (χ2n) is 6.60. The number of hydrogen-bond donors (Lipinski definition) is 2. The summed E-state index contributed by atoms with van der Waals surface area (Å²) in [5.74, 6) is 0.0259. The Hall–Kier alpha value is -2.90. The van der Waals surface area contributed by atoms with Gasteiger partial charge in [-0.15, -0.1) is 11.3 Å². The first kappa shape index (κ1) is 19.4. The number of fused-ring (bicyclic) bond motifs is 1. The molecular weight excluding hydrogens is 402 g/mol. The summed E-state index contributed by atoms with van der Waals surface area (Å²) in [6.45, 7) is 3.94. The molecule has 146 valence electrons. The van der Waals surface area contributed by atoms with E-state index in [0.717, 1.165) is 27.3 Å². The number of nitrogens with zero attached hydrogens (tertiary/aromatic N) is 1. The molecule has 0 aliphatic rings. The topological polar surface area (TPSA) is 74.8 Å². The van der Waals surface area contributed by atoms with E-state index in [4.69, 9.17) is 0 Å². The van der Waals surface area contributed by atoms with E-state index in [1.165, 1.54) is 23.1 Å². The van der Waals surface area contributed by atoms with E-state index in [-0.39, 0.29) is 17.2 Å². The molecule has 0 atom stereocenters. The van der Waals surface area contributed by atoms with Crippen LogP contribution in [0.25, 0.3) is 21.3 Å². The maximum absolute atomic E-state index is 12.8. The molecule has 0 spiro atoms. The fourth-order valence-electron chi connectivity index (χ4n) is 3.15. The van der Waals surface area contributed by atoms with Gasteiger partial charge in [-0.2, -0.15) is 0 Å². The fraction of sp³-hybridized carbons (Fsp3) is 0.136. The van der Waals surface area contributed by atoms with Crippen LogP contribution in [0.5, 0.6) is 0 Å². The average molecular weight is 422 g/mol. The minimum atomic E-state index is -0.181. The Morgan fingerprint density at radius 1 is 1.10 bits per heavy atom. The number of aromatic nitrogens is 2. The molecule has 7 heteroatoms. The van der Waals surface area contributed by atoms with Gasteiger partial charge < -0.3 is 10.3 Å². The molecule has 0 saturated heterocycles. The van der Waals surface area contributed by atoms with E-state index >= 15 is 0 Å². The molecule has 0 unspecified atom stereocenters. The molecule has 0 aliphatic carbocycles. The summed E-state index contributed by atoms with van der Waals surface area (Å²) in [6.07, 6.45) is 0. The number of para-hydroxylation sites is 1. The zero-order valence-electron chi connectivity index (χ0n) is 16.0. The molecule has 5 nitrogen and oxygen atoms in total. The van der Waals surface area contributed by atoms with Crippen molar-refractivity contribution in [3.05, 3.63) is 75.4 Å². The summed E-state index contributed by atoms with van der Waals surface area (Å²) in [6, 6.07) is 17.5. The Morgan fingerprint density at radius 3 is 2.59 bits per heavy atom. The number of anilines is 1. The molecule has 4 aromatic rings. The van der Waals surface area contributed by atoms with Crippen LogP contribution in [0.2, 0.25) is 0 Å². The van der Waals surface area contributed by atoms with Crippen LogP contribution in [0.15, 0.2) is 64.5 Å². The van der Waals surface area contributed by atoms with Crippen LogP contribution in [-0.4, -0.2) is 21.6 Å². The second-order valence-corrected chi connectivity index (χ2v) is 8.77. The fourth-order valence-corrected chi connectivity index (χ4v) is 4.92. The van der Waals surface area contributed by atoms with Crippen LogP contribution >= 0.6 is 23.1 Å². The average Bonchev–Trinajstić information content (AvgIpc) is 3.05. The zero-order valence-corrected chi connectivity index (χ0v) is 17.6. The summed E-state index contributed by atoms with van der Waals surface area (Å²) in [5, 5.41) is 3.94. The normalized spacial score (nSPS) is 11.0. The largest absolute Gasteiger partial charge is 0.325 e. The van der Waals surface area contributed by atoms with Gasteiger partial charge >= 0.3 is 0 Å². The van der Waals surface area contributed by atoms with Crippen LogP contribution in [0.4, 0.5) is 5.69 Å². The number of amides is 1. The number of aryl methyl sites for hydroxylation is 2. The zero-order chi connectivity index (χ0) is 20.4. The van der Waals surface area contributed by atoms with Crippen LogP contribution in [0.3, 0.4) is 0 Å². The highest BCUT2D eigenvalue weighted by molar-refractivity contribution is 7.99. The van der Waals surface area contributed by atoms with Crippen LogP contribution in [0, 0.1) is 13.8 Å². The van der Waals surface area contributed by atoms with Gasteiger partial charge in [-0.1, -0.05) is 60.3 Å². The quantitative estimate of drug-likeness (QED) is 0.351. The highest BCUT2D eigenvalue weighted by atomic mass is 32.2. The molecule has 2 aromatic carbocycles. The third-order valence-corrected chi connectivity index (χ3v) is 6.41. The third-order valence-electron chi connectivity index (χ3n) is 4.54. The summed E-state index contributed by atoms with van der Waals surface area (Å²) >= 11 is 2.72. The van der Waals surface area contributed by atoms with Crippen LogP contribution in [0.1, 0.15) is 10.4 Å². The SMILES string of the molecule is Cc1ccccc1NC(=O)CSc1nc2sc(C)c(-c3ccccc3)c2c(=O)[nH]1. The number of rotatable bonds is 5. The van der Waals surface area contributed by atoms with Crippen molar-refractivity contribution in [2.75, 3.05) is 11.1 Å². The van der Waals surface area contributed by atoms with Crippen molar-refractivity contribution in [1.29, 1.82) is 0 Å². The smallest absolute Gasteiger partial charge is 0.260 e. The molecule has 2 heterocycles. The van der Waals surface area contributed by atoms with E-state index in [1.54, 1.807) is 0 Å². The van der Waals surface area contributed by atoms with E-state index < -0.39 is 0 Å². The lowest BCUT2D eigenvalue weighted by Gasteiger charge is -2.07. The summed E-state index contributed by atoms with van der Waals surface area (Å²) in [4.78, 5) is 34.2. The lowest BCUT2D eigenvalue weighted by Crippen LogP contribution is -2.16. The van der Waals surface area contributed by atoms with Gasteiger partial charge in [0.1, 0.15) is 4.83 Å². The van der Waals surface area contributed by atoms with Crippen molar-refractivity contribution in [2.24, 2.45) is 0 Å². The summed E-state index contributed by atoms with van der Waals surface area (Å²) < 4.78 is 0. The highest BCUT2D eigenvalue weighted by Gasteiger charge is 2.17. The highest BCUT2D eigenvalue weighted by Crippen LogP contribution is 2.35. The molecule has 0 saturated carbocycles. The molecule has 29 heavy (non-hydrogen) atoms.